The molecule has 184 valence electrons. The highest BCUT2D eigenvalue weighted by molar-refractivity contribution is 5.96. The average Bonchev–Trinajstić information content (AvgIpc) is 3.47. The molecule has 0 N–H and O–H groups in total. The molecule has 0 fully saturated rings. The van der Waals surface area contributed by atoms with Crippen molar-refractivity contribution in [2.45, 2.75) is 0 Å². The molecule has 0 aliphatic rings. The van der Waals surface area contributed by atoms with Gasteiger partial charge in [0.2, 0.25) is 5.89 Å². The Morgan fingerprint density at radius 3 is 1.54 bits per heavy atom. The van der Waals surface area contributed by atoms with Crippen LogP contribution in [0.2, 0.25) is 0 Å². The average molecular weight is 502 g/mol. The van der Waals surface area contributed by atoms with Gasteiger partial charge in [0, 0.05) is 27.8 Å². The van der Waals surface area contributed by atoms with Gasteiger partial charge in [0.1, 0.15) is 5.52 Å². The van der Waals surface area contributed by atoms with Gasteiger partial charge in [-0.05, 0) is 29.8 Å². The van der Waals surface area contributed by atoms with Gasteiger partial charge in [0.15, 0.2) is 11.4 Å². The number of nitrogens with zero attached hydrogens (tertiary/aromatic N) is 3. The molecule has 4 heteroatoms. The lowest BCUT2D eigenvalue weighted by atomic mass is 9.98. The van der Waals surface area contributed by atoms with Crippen molar-refractivity contribution in [3.05, 3.63) is 140 Å². The highest BCUT2D eigenvalue weighted by Crippen LogP contribution is 2.38. The number of fused-ring (bicyclic) bond motifs is 1. The Hall–Kier alpha value is -5.35. The van der Waals surface area contributed by atoms with E-state index in [9.17, 15) is 0 Å². The lowest BCUT2D eigenvalue weighted by Gasteiger charge is -2.13. The van der Waals surface area contributed by atoms with E-state index >= 15 is 0 Å². The van der Waals surface area contributed by atoms with Gasteiger partial charge in [0.05, 0.1) is 11.4 Å². The van der Waals surface area contributed by atoms with Crippen molar-refractivity contribution in [3.63, 3.8) is 0 Å². The van der Waals surface area contributed by atoms with Crippen LogP contribution in [-0.4, -0.2) is 15.0 Å². The zero-order chi connectivity index (χ0) is 26.0. The molecule has 0 saturated carbocycles. The number of para-hydroxylation sites is 1. The van der Waals surface area contributed by atoms with E-state index in [1.54, 1.807) is 0 Å². The fourth-order valence-electron chi connectivity index (χ4n) is 4.86. The molecular formula is C35H23N3O. The summed E-state index contributed by atoms with van der Waals surface area (Å²) in [4.78, 5) is 14.9. The minimum atomic E-state index is 0.601. The second-order valence-corrected chi connectivity index (χ2v) is 9.28. The fourth-order valence-corrected chi connectivity index (χ4v) is 4.86. The second-order valence-electron chi connectivity index (χ2n) is 9.28. The Morgan fingerprint density at radius 1 is 0.410 bits per heavy atom. The third-order valence-electron chi connectivity index (χ3n) is 6.76. The monoisotopic (exact) mass is 501 g/mol. The van der Waals surface area contributed by atoms with E-state index in [0.717, 1.165) is 55.9 Å². The van der Waals surface area contributed by atoms with E-state index in [2.05, 4.69) is 48.5 Å². The summed E-state index contributed by atoms with van der Waals surface area (Å²) in [6, 6.07) is 46.8. The maximum absolute atomic E-state index is 6.36. The lowest BCUT2D eigenvalue weighted by Crippen LogP contribution is -1.97. The number of aromatic nitrogens is 3. The molecule has 2 aromatic heterocycles. The summed E-state index contributed by atoms with van der Waals surface area (Å²) < 4.78 is 6.36. The molecule has 0 aliphatic carbocycles. The number of hydrogen-bond donors (Lipinski definition) is 0. The molecule has 2 heterocycles. The molecule has 0 aliphatic heterocycles. The second kappa shape index (κ2) is 9.84. The predicted octanol–water partition coefficient (Wildman–Crippen LogP) is 8.95. The summed E-state index contributed by atoms with van der Waals surface area (Å²) in [5.41, 5.74) is 9.20. The van der Waals surface area contributed by atoms with E-state index in [4.69, 9.17) is 19.4 Å². The Bertz CT molecular complexity index is 1840. The van der Waals surface area contributed by atoms with E-state index in [1.807, 2.05) is 91.0 Å². The van der Waals surface area contributed by atoms with Crippen LogP contribution in [0.15, 0.2) is 144 Å². The summed E-state index contributed by atoms with van der Waals surface area (Å²) in [5.74, 6) is 1.26. The first-order chi connectivity index (χ1) is 19.3. The number of oxazole rings is 1. The van der Waals surface area contributed by atoms with Crippen LogP contribution in [0.4, 0.5) is 0 Å². The number of hydrogen-bond acceptors (Lipinski definition) is 4. The topological polar surface area (TPSA) is 51.8 Å². The summed E-state index contributed by atoms with van der Waals surface area (Å²) in [7, 11) is 0. The zero-order valence-electron chi connectivity index (χ0n) is 21.0. The quantitative estimate of drug-likeness (QED) is 0.236. The summed E-state index contributed by atoms with van der Waals surface area (Å²) in [6.07, 6.45) is 0. The summed E-state index contributed by atoms with van der Waals surface area (Å²) in [6.45, 7) is 0. The van der Waals surface area contributed by atoms with Crippen LogP contribution in [0.25, 0.3) is 67.6 Å². The molecule has 0 unspecified atom stereocenters. The SMILES string of the molecule is c1ccc(-c2cc(-c3ccccc3)nc(-c3ccccc3-c3cccc4nc(-c5ccccc5)oc34)n2)cc1. The Labute approximate surface area is 226 Å². The van der Waals surface area contributed by atoms with Crippen LogP contribution in [0, 0.1) is 0 Å². The minimum absolute atomic E-state index is 0.601. The predicted molar refractivity (Wildman–Crippen MR) is 157 cm³/mol. The van der Waals surface area contributed by atoms with Crippen LogP contribution >= 0.6 is 0 Å². The van der Waals surface area contributed by atoms with Gasteiger partial charge in [-0.15, -0.1) is 0 Å². The lowest BCUT2D eigenvalue weighted by molar-refractivity contribution is 0.621. The van der Waals surface area contributed by atoms with Crippen LogP contribution in [-0.2, 0) is 0 Å². The third kappa shape index (κ3) is 4.38. The van der Waals surface area contributed by atoms with Crippen LogP contribution in [0.1, 0.15) is 0 Å². The largest absolute Gasteiger partial charge is 0.435 e. The normalized spacial score (nSPS) is 11.1. The van der Waals surface area contributed by atoms with E-state index in [1.165, 1.54) is 0 Å². The maximum atomic E-state index is 6.36. The van der Waals surface area contributed by atoms with Crippen molar-refractivity contribution < 1.29 is 4.42 Å². The van der Waals surface area contributed by atoms with Crippen molar-refractivity contribution in [2.75, 3.05) is 0 Å². The van der Waals surface area contributed by atoms with Crippen LogP contribution in [0.3, 0.4) is 0 Å². The molecule has 0 spiro atoms. The van der Waals surface area contributed by atoms with Crippen molar-refractivity contribution in [3.8, 4) is 56.5 Å². The highest BCUT2D eigenvalue weighted by atomic mass is 16.3. The van der Waals surface area contributed by atoms with E-state index in [0.29, 0.717) is 11.7 Å². The smallest absolute Gasteiger partial charge is 0.227 e. The van der Waals surface area contributed by atoms with E-state index in [-0.39, 0.29) is 0 Å². The standard InChI is InChI=1S/C35H23N3O/c1-4-13-24(14-5-1)31-23-32(25-15-6-2-7-16-25)37-34(36-31)29-20-11-10-19-27(29)28-21-12-22-30-33(28)39-35(38-30)26-17-8-3-9-18-26/h1-23H. The van der Waals surface area contributed by atoms with Crippen molar-refractivity contribution in [1.82, 2.24) is 15.0 Å². The third-order valence-corrected chi connectivity index (χ3v) is 6.76. The Kier molecular flexibility index (Phi) is 5.76. The molecule has 0 saturated heterocycles. The molecule has 7 rings (SSSR count). The first-order valence-corrected chi connectivity index (χ1v) is 12.9. The molecular weight excluding hydrogens is 478 g/mol. The molecule has 7 aromatic rings. The van der Waals surface area contributed by atoms with Crippen LogP contribution in [0.5, 0.6) is 0 Å². The van der Waals surface area contributed by atoms with Gasteiger partial charge in [-0.1, -0.05) is 115 Å². The molecule has 4 nitrogen and oxygen atoms in total. The number of rotatable bonds is 5. The van der Waals surface area contributed by atoms with Gasteiger partial charge in [-0.3, -0.25) is 0 Å². The molecule has 0 bridgehead atoms. The van der Waals surface area contributed by atoms with Crippen molar-refractivity contribution in [1.29, 1.82) is 0 Å². The van der Waals surface area contributed by atoms with E-state index < -0.39 is 0 Å². The Morgan fingerprint density at radius 2 is 0.923 bits per heavy atom. The van der Waals surface area contributed by atoms with Gasteiger partial charge in [-0.2, -0.15) is 0 Å². The van der Waals surface area contributed by atoms with Gasteiger partial charge >= 0.3 is 0 Å². The Balaban J connectivity index is 1.43. The summed E-state index contributed by atoms with van der Waals surface area (Å²) in [5, 5.41) is 0. The highest BCUT2D eigenvalue weighted by Gasteiger charge is 2.18. The fraction of sp³-hybridized carbons (Fsp3) is 0. The van der Waals surface area contributed by atoms with Crippen molar-refractivity contribution >= 4 is 11.1 Å². The van der Waals surface area contributed by atoms with Gasteiger partial charge < -0.3 is 4.42 Å². The zero-order valence-corrected chi connectivity index (χ0v) is 21.0. The number of benzene rings is 5. The maximum Gasteiger partial charge on any atom is 0.227 e. The van der Waals surface area contributed by atoms with Crippen molar-refractivity contribution in [2.24, 2.45) is 0 Å². The van der Waals surface area contributed by atoms with Gasteiger partial charge in [-0.25, -0.2) is 15.0 Å². The summed E-state index contributed by atoms with van der Waals surface area (Å²) >= 11 is 0. The first kappa shape index (κ1) is 22.8. The molecule has 39 heavy (non-hydrogen) atoms. The van der Waals surface area contributed by atoms with Crippen LogP contribution < -0.4 is 0 Å². The van der Waals surface area contributed by atoms with Gasteiger partial charge in [0.25, 0.3) is 0 Å². The molecule has 0 atom stereocenters. The first-order valence-electron chi connectivity index (χ1n) is 12.9. The molecule has 5 aromatic carbocycles. The molecule has 0 radical (unpaired) electrons. The minimum Gasteiger partial charge on any atom is -0.435 e. The molecule has 0 amide bonds.